The standard InChI is InChI=1S/C19H15BrN2O3S/c1-10-3-4-11(2)14(5-10)21-19-22-18(23)17(26-19)7-12-6-15-16(8-13(12)20)25-9-24-15/h3-8H,9H2,1-2H3,(H,21,22,23)/b17-7-. The highest BCUT2D eigenvalue weighted by Crippen LogP contribution is 2.39. The molecule has 4 rings (SSSR count). The molecule has 0 atom stereocenters. The van der Waals surface area contributed by atoms with Crippen LogP contribution in [-0.2, 0) is 4.79 Å². The van der Waals surface area contributed by atoms with Crippen LogP contribution >= 0.6 is 27.7 Å². The minimum Gasteiger partial charge on any atom is -0.454 e. The van der Waals surface area contributed by atoms with E-state index in [9.17, 15) is 4.79 Å². The molecule has 1 fully saturated rings. The zero-order valence-corrected chi connectivity index (χ0v) is 16.5. The lowest BCUT2D eigenvalue weighted by atomic mass is 10.1. The number of aryl methyl sites for hydroxylation is 2. The van der Waals surface area contributed by atoms with Crippen LogP contribution in [0.15, 0.2) is 44.7 Å². The van der Waals surface area contributed by atoms with Gasteiger partial charge in [0.15, 0.2) is 16.7 Å². The van der Waals surface area contributed by atoms with Crippen molar-refractivity contribution in [3.8, 4) is 11.5 Å². The second-order valence-corrected chi connectivity index (χ2v) is 7.88. The van der Waals surface area contributed by atoms with Crippen molar-refractivity contribution in [1.29, 1.82) is 0 Å². The summed E-state index contributed by atoms with van der Waals surface area (Å²) < 4.78 is 11.6. The van der Waals surface area contributed by atoms with Gasteiger partial charge in [0, 0.05) is 4.47 Å². The van der Waals surface area contributed by atoms with Crippen molar-refractivity contribution in [2.45, 2.75) is 13.8 Å². The minimum absolute atomic E-state index is 0.163. The van der Waals surface area contributed by atoms with Crippen LogP contribution in [0.2, 0.25) is 0 Å². The SMILES string of the molecule is Cc1ccc(C)c(N=C2NC(=O)/C(=C/c3cc4c(cc3Br)OCO4)S2)c1. The zero-order valence-electron chi connectivity index (χ0n) is 14.1. The van der Waals surface area contributed by atoms with Crippen LogP contribution in [-0.4, -0.2) is 17.9 Å². The lowest BCUT2D eigenvalue weighted by molar-refractivity contribution is -0.115. The van der Waals surface area contributed by atoms with E-state index in [1.54, 1.807) is 0 Å². The first-order valence-corrected chi connectivity index (χ1v) is 9.56. The quantitative estimate of drug-likeness (QED) is 0.702. The van der Waals surface area contributed by atoms with Crippen molar-refractivity contribution in [2.24, 2.45) is 4.99 Å². The van der Waals surface area contributed by atoms with Crippen molar-refractivity contribution in [1.82, 2.24) is 5.32 Å². The molecule has 0 unspecified atom stereocenters. The highest BCUT2D eigenvalue weighted by molar-refractivity contribution is 9.10. The van der Waals surface area contributed by atoms with Crippen molar-refractivity contribution >= 4 is 50.5 Å². The van der Waals surface area contributed by atoms with E-state index in [0.717, 1.165) is 26.9 Å². The fourth-order valence-corrected chi connectivity index (χ4v) is 3.88. The second-order valence-electron chi connectivity index (χ2n) is 6.00. The number of benzene rings is 2. The van der Waals surface area contributed by atoms with Gasteiger partial charge in [-0.25, -0.2) is 4.99 Å². The van der Waals surface area contributed by atoms with Crippen LogP contribution in [0.4, 0.5) is 5.69 Å². The molecule has 0 spiro atoms. The number of halogens is 1. The number of thioether (sulfide) groups is 1. The van der Waals surface area contributed by atoms with Crippen LogP contribution in [0.25, 0.3) is 6.08 Å². The fourth-order valence-electron chi connectivity index (χ4n) is 2.61. The molecule has 26 heavy (non-hydrogen) atoms. The number of nitrogens with zero attached hydrogens (tertiary/aromatic N) is 1. The van der Waals surface area contributed by atoms with Crippen LogP contribution in [0.1, 0.15) is 16.7 Å². The van der Waals surface area contributed by atoms with Crippen LogP contribution in [0.5, 0.6) is 11.5 Å². The van der Waals surface area contributed by atoms with E-state index >= 15 is 0 Å². The Labute approximate surface area is 163 Å². The summed E-state index contributed by atoms with van der Waals surface area (Å²) in [6.45, 7) is 4.23. The molecule has 132 valence electrons. The maximum Gasteiger partial charge on any atom is 0.264 e. The van der Waals surface area contributed by atoms with E-state index in [-0.39, 0.29) is 12.7 Å². The first kappa shape index (κ1) is 17.2. The third kappa shape index (κ3) is 3.37. The average molecular weight is 431 g/mol. The maximum atomic E-state index is 12.3. The molecule has 1 amide bonds. The minimum atomic E-state index is -0.163. The van der Waals surface area contributed by atoms with Crippen molar-refractivity contribution in [3.05, 3.63) is 56.4 Å². The van der Waals surface area contributed by atoms with Gasteiger partial charge >= 0.3 is 0 Å². The van der Waals surface area contributed by atoms with Crippen molar-refractivity contribution in [2.75, 3.05) is 6.79 Å². The smallest absolute Gasteiger partial charge is 0.264 e. The van der Waals surface area contributed by atoms with Crippen molar-refractivity contribution in [3.63, 3.8) is 0 Å². The number of hydrogen-bond acceptors (Lipinski definition) is 5. The second kappa shape index (κ2) is 6.81. The molecule has 1 N–H and O–H groups in total. The lowest BCUT2D eigenvalue weighted by Crippen LogP contribution is -2.19. The highest BCUT2D eigenvalue weighted by Gasteiger charge is 2.25. The molecule has 0 radical (unpaired) electrons. The highest BCUT2D eigenvalue weighted by atomic mass is 79.9. The third-order valence-corrected chi connectivity index (χ3v) is 5.61. The van der Waals surface area contributed by atoms with E-state index < -0.39 is 0 Å². The summed E-state index contributed by atoms with van der Waals surface area (Å²) in [5, 5.41) is 3.40. The van der Waals surface area contributed by atoms with Gasteiger partial charge < -0.3 is 14.8 Å². The van der Waals surface area contributed by atoms with Gasteiger partial charge in [0.25, 0.3) is 5.91 Å². The molecule has 2 aliphatic heterocycles. The molecule has 0 aromatic heterocycles. The summed E-state index contributed by atoms with van der Waals surface area (Å²) in [4.78, 5) is 17.5. The molecular weight excluding hydrogens is 416 g/mol. The zero-order chi connectivity index (χ0) is 18.3. The lowest BCUT2D eigenvalue weighted by Gasteiger charge is -2.03. The van der Waals surface area contributed by atoms with E-state index in [0.29, 0.717) is 21.6 Å². The van der Waals surface area contributed by atoms with E-state index in [1.807, 2.05) is 50.3 Å². The Hall–Kier alpha value is -2.25. The summed E-state index contributed by atoms with van der Waals surface area (Å²) in [5.41, 5.74) is 3.90. The monoisotopic (exact) mass is 430 g/mol. The molecule has 2 aromatic carbocycles. The van der Waals surface area contributed by atoms with Gasteiger partial charge in [0.1, 0.15) is 0 Å². The van der Waals surface area contributed by atoms with Crippen LogP contribution < -0.4 is 14.8 Å². The van der Waals surface area contributed by atoms with Crippen molar-refractivity contribution < 1.29 is 14.3 Å². The molecule has 0 saturated carbocycles. The van der Waals surface area contributed by atoms with Gasteiger partial charge in [-0.1, -0.05) is 28.1 Å². The molecule has 0 aliphatic carbocycles. The summed E-state index contributed by atoms with van der Waals surface area (Å²) in [6, 6.07) is 9.77. The molecule has 7 heteroatoms. The van der Waals surface area contributed by atoms with Gasteiger partial charge in [-0.2, -0.15) is 0 Å². The third-order valence-electron chi connectivity index (χ3n) is 4.02. The molecule has 2 heterocycles. The van der Waals surface area contributed by atoms with Gasteiger partial charge in [-0.3, -0.25) is 4.79 Å². The van der Waals surface area contributed by atoms with E-state index in [1.165, 1.54) is 11.8 Å². The first-order valence-electron chi connectivity index (χ1n) is 7.95. The predicted octanol–water partition coefficient (Wildman–Crippen LogP) is 4.69. The molecule has 1 saturated heterocycles. The number of amides is 1. The molecule has 5 nitrogen and oxygen atoms in total. The first-order chi connectivity index (χ1) is 12.5. The summed E-state index contributed by atoms with van der Waals surface area (Å²) in [5.74, 6) is 1.20. The summed E-state index contributed by atoms with van der Waals surface area (Å²) >= 11 is 4.83. The number of amidine groups is 1. The number of fused-ring (bicyclic) bond motifs is 1. The van der Waals surface area contributed by atoms with E-state index in [4.69, 9.17) is 9.47 Å². The largest absolute Gasteiger partial charge is 0.454 e. The molecule has 2 aromatic rings. The van der Waals surface area contributed by atoms with Crippen LogP contribution in [0.3, 0.4) is 0 Å². The van der Waals surface area contributed by atoms with Crippen LogP contribution in [0, 0.1) is 13.8 Å². The van der Waals surface area contributed by atoms with E-state index in [2.05, 4.69) is 26.2 Å². The topological polar surface area (TPSA) is 59.9 Å². The average Bonchev–Trinajstić information content (AvgIpc) is 3.18. The Kier molecular flexibility index (Phi) is 4.50. The maximum absolute atomic E-state index is 12.3. The number of aliphatic imine (C=N–C) groups is 1. The normalized spacial score (nSPS) is 18.7. The van der Waals surface area contributed by atoms with Gasteiger partial charge in [-0.05, 0) is 66.6 Å². The Morgan fingerprint density at radius 2 is 1.96 bits per heavy atom. The predicted molar refractivity (Wildman–Crippen MR) is 107 cm³/mol. The number of hydrogen-bond donors (Lipinski definition) is 1. The molecule has 2 aliphatic rings. The van der Waals surface area contributed by atoms with Gasteiger partial charge in [0.2, 0.25) is 6.79 Å². The number of rotatable bonds is 2. The molecule has 0 bridgehead atoms. The van der Waals surface area contributed by atoms with Gasteiger partial charge in [0.05, 0.1) is 10.6 Å². The Morgan fingerprint density at radius 1 is 1.19 bits per heavy atom. The number of nitrogens with one attached hydrogen (secondary N) is 1. The molecular formula is C19H15BrN2O3S. The Morgan fingerprint density at radius 3 is 2.77 bits per heavy atom. The van der Waals surface area contributed by atoms with Gasteiger partial charge in [-0.15, -0.1) is 0 Å². The fraction of sp³-hybridized carbons (Fsp3) is 0.158. The number of carbonyl (C=O) groups excluding carboxylic acids is 1. The Bertz CT molecular complexity index is 985. The summed E-state index contributed by atoms with van der Waals surface area (Å²) in [6.07, 6.45) is 1.82. The summed E-state index contributed by atoms with van der Waals surface area (Å²) in [7, 11) is 0. The number of ether oxygens (including phenoxy) is 2. The number of carbonyl (C=O) groups is 1. The Balaban J connectivity index is 1.63.